The van der Waals surface area contributed by atoms with Crippen LogP contribution >= 0.6 is 0 Å². The first-order valence-corrected chi connectivity index (χ1v) is 47.9. The van der Waals surface area contributed by atoms with E-state index in [0.717, 1.165) is 123 Å². The number of aryl methyl sites for hydroxylation is 1. The van der Waals surface area contributed by atoms with Crippen molar-refractivity contribution in [3.05, 3.63) is 292 Å². The van der Waals surface area contributed by atoms with Crippen LogP contribution < -0.4 is 9.47 Å². The molecule has 8 unspecified atom stereocenters. The quantitative estimate of drug-likeness (QED) is 0.0650. The van der Waals surface area contributed by atoms with Gasteiger partial charge in [0.2, 0.25) is 0 Å². The molecule has 0 N–H and O–H groups in total. The van der Waals surface area contributed by atoms with Crippen LogP contribution in [0.1, 0.15) is 235 Å². The van der Waals surface area contributed by atoms with E-state index in [0.29, 0.717) is 122 Å². The number of rotatable bonds is 20. The smallest absolute Gasteiger partial charge is 0.417 e. The van der Waals surface area contributed by atoms with Crippen molar-refractivity contribution in [1.29, 1.82) is 0 Å². The Labute approximate surface area is 793 Å². The van der Waals surface area contributed by atoms with Crippen molar-refractivity contribution in [2.24, 2.45) is 7.05 Å². The van der Waals surface area contributed by atoms with Gasteiger partial charge in [0.1, 0.15) is 11.5 Å². The minimum Gasteiger partial charge on any atom is -0.497 e. The Morgan fingerprint density at radius 1 is 0.397 bits per heavy atom. The van der Waals surface area contributed by atoms with Gasteiger partial charge in [0.25, 0.3) is 23.6 Å². The molecular formula is C108H126F6N8O14. The number of benzene rings is 8. The van der Waals surface area contributed by atoms with Gasteiger partial charge < -0.3 is 67.0 Å². The van der Waals surface area contributed by atoms with Crippen molar-refractivity contribution in [2.75, 3.05) is 93.0 Å². The zero-order chi connectivity index (χ0) is 95.8. The van der Waals surface area contributed by atoms with Crippen LogP contribution in [0.3, 0.4) is 0 Å². The SMILES string of the molecule is CCOC1CC(c2ccccc2)OC2(CCN(C(=O)c3cc(-c4ccccc4)n(C)n3)CC2)C1.CCOC1CC(c2ccccc2)OC2(CCN(C(=O)c3ccc(C(F)(F)F)cc3OC)CC2)C1.CCOC1CC(c2ccccc2)OC2(CCN(C(=O)c3ccc(OC)cc3C(F)(F)F)CC2)C1.CCOC1CC(c2ccccc2)OC2(CCN(C(=O)c3cnn(-c4ccccc4)c3C)CC2)C1. The van der Waals surface area contributed by atoms with Crippen LogP contribution in [0.4, 0.5) is 26.3 Å². The minimum absolute atomic E-state index is 0.00981. The standard InChI is InChI=1S/2C28H33N3O3.2C26H30F3NO4/c1-3-33-23-18-26(22-12-8-5-9-13-22)34-28(20-23)14-16-31(17-15-28)27(32)24-19-25(30(2)29-24)21-10-6-4-7-11-21;1-3-33-24-18-26(22-10-6-4-7-11-22)34-28(19-24)14-16-30(17-15-28)27(32)25-20-29-31(21(25)2)23-12-8-5-9-13-23;1-3-33-20-16-22(18-7-5-4-6-8-18)34-25(17-20)11-13-30(14-12-25)24(31)21-10-9-19(26(27,28)29)15-23(21)32-2;1-3-33-20-16-23(18-7-5-4-6-8-18)34-25(17-20)11-13-30(14-12-25)24(31)21-10-9-19(32-2)15-22(21)26(27,28)29/h4-13,19,23,26H,3,14-18,20H2,1-2H3;4-13,20,24,26H,3,14-19H2,1-2H3;4-10,15,20,22H,3,11-14,16-17H2,1-2H3;4-10,15,20,23H,3,11-14,16-17H2,1-2H3. The lowest BCUT2D eigenvalue weighted by Crippen LogP contribution is -2.52. The number of piperidine rings is 4. The van der Waals surface area contributed by atoms with Gasteiger partial charge in [0, 0.05) is 137 Å². The highest BCUT2D eigenvalue weighted by molar-refractivity contribution is 5.98. The number of likely N-dealkylation sites (tertiary alicyclic amines) is 4. The normalized spacial score (nSPS) is 22.3. The van der Waals surface area contributed by atoms with Crippen LogP contribution in [-0.2, 0) is 57.3 Å². The summed E-state index contributed by atoms with van der Waals surface area (Å²) in [4.78, 5) is 60.0. The Bertz CT molecular complexity index is 5510. The summed E-state index contributed by atoms with van der Waals surface area (Å²) < 4.78 is 145. The number of nitrogens with zero attached hydrogens (tertiary/aromatic N) is 8. The highest BCUT2D eigenvalue weighted by Gasteiger charge is 2.51. The summed E-state index contributed by atoms with van der Waals surface area (Å²) in [5.74, 6) is -0.935. The zero-order valence-electron chi connectivity index (χ0n) is 78.9. The van der Waals surface area contributed by atoms with Gasteiger partial charge in [-0.15, -0.1) is 0 Å². The molecule has 8 aliphatic rings. The summed E-state index contributed by atoms with van der Waals surface area (Å²) in [6, 6.07) is 69.3. The third kappa shape index (κ3) is 24.0. The maximum absolute atomic E-state index is 13.6. The van der Waals surface area contributed by atoms with Crippen LogP contribution in [0.25, 0.3) is 16.9 Å². The van der Waals surface area contributed by atoms with Gasteiger partial charge >= 0.3 is 12.4 Å². The van der Waals surface area contributed by atoms with E-state index in [1.54, 1.807) is 15.8 Å². The molecule has 136 heavy (non-hydrogen) atoms. The molecule has 8 aromatic carbocycles. The summed E-state index contributed by atoms with van der Waals surface area (Å²) in [6.07, 6.45) is 4.98. The van der Waals surface area contributed by atoms with Crippen LogP contribution in [0.2, 0.25) is 0 Å². The molecule has 28 heteroatoms. The predicted octanol–water partition coefficient (Wildman–Crippen LogP) is 21.4. The van der Waals surface area contributed by atoms with Gasteiger partial charge in [-0.25, -0.2) is 4.68 Å². The second kappa shape index (κ2) is 44.6. The molecule has 8 atom stereocenters. The highest BCUT2D eigenvalue weighted by atomic mass is 19.4. The molecule has 22 nitrogen and oxygen atoms in total. The Kier molecular flexibility index (Phi) is 32.6. The lowest BCUT2D eigenvalue weighted by Gasteiger charge is -2.49. The summed E-state index contributed by atoms with van der Waals surface area (Å²) in [5, 5.41) is 9.02. The molecule has 0 bridgehead atoms. The molecule has 4 spiro atoms. The Balaban J connectivity index is 0.000000138. The third-order valence-electron chi connectivity index (χ3n) is 27.9. The van der Waals surface area contributed by atoms with Gasteiger partial charge in [-0.3, -0.25) is 23.9 Å². The molecule has 10 aromatic rings. The molecule has 0 saturated carbocycles. The minimum atomic E-state index is -4.66. The van der Waals surface area contributed by atoms with Crippen LogP contribution in [0.15, 0.2) is 231 Å². The van der Waals surface area contributed by atoms with Gasteiger partial charge in [-0.1, -0.05) is 170 Å². The van der Waals surface area contributed by atoms with Gasteiger partial charge in [-0.2, -0.15) is 36.5 Å². The first-order valence-electron chi connectivity index (χ1n) is 47.9. The molecule has 4 amide bonds. The van der Waals surface area contributed by atoms with E-state index in [2.05, 4.69) is 84.7 Å². The summed E-state index contributed by atoms with van der Waals surface area (Å²) in [7, 11) is 4.45. The Hall–Kier alpha value is -11.1. The van der Waals surface area contributed by atoms with Gasteiger partial charge in [-0.05, 0) is 168 Å². The van der Waals surface area contributed by atoms with Gasteiger partial charge in [0.15, 0.2) is 5.69 Å². The number of carbonyl (C=O) groups is 4. The molecular weight excluding hydrogens is 1750 g/mol. The fourth-order valence-electron chi connectivity index (χ4n) is 20.9. The zero-order valence-corrected chi connectivity index (χ0v) is 78.9. The number of hydrogen-bond acceptors (Lipinski definition) is 16. The summed E-state index contributed by atoms with van der Waals surface area (Å²) in [6.45, 7) is 16.9. The summed E-state index contributed by atoms with van der Waals surface area (Å²) in [5.41, 5.74) is 6.15. The fourth-order valence-corrected chi connectivity index (χ4v) is 20.9. The van der Waals surface area contributed by atoms with Gasteiger partial charge in [0.05, 0.1) is 137 Å². The number of hydrogen-bond donors (Lipinski definition) is 0. The second-order valence-electron chi connectivity index (χ2n) is 36.7. The second-order valence-corrected chi connectivity index (χ2v) is 36.7. The van der Waals surface area contributed by atoms with Crippen LogP contribution in [0.5, 0.6) is 11.5 Å². The third-order valence-corrected chi connectivity index (χ3v) is 27.9. The van der Waals surface area contributed by atoms with Crippen molar-refractivity contribution >= 4 is 23.6 Å². The van der Waals surface area contributed by atoms with E-state index in [4.69, 9.17) is 47.4 Å². The number of alkyl halides is 6. The van der Waals surface area contributed by atoms with E-state index < -0.39 is 40.6 Å². The van der Waals surface area contributed by atoms with Crippen molar-refractivity contribution in [2.45, 2.75) is 221 Å². The Morgan fingerprint density at radius 2 is 0.735 bits per heavy atom. The fraction of sp³-hybridized carbons (Fsp3) is 0.463. The number of carbonyl (C=O) groups excluding carboxylic acids is 4. The van der Waals surface area contributed by atoms with Crippen LogP contribution in [-0.4, -0.2) is 203 Å². The Morgan fingerprint density at radius 3 is 1.08 bits per heavy atom. The van der Waals surface area contributed by atoms with E-state index in [9.17, 15) is 45.5 Å². The average molecular weight is 1870 g/mol. The molecule has 8 aliphatic heterocycles. The largest absolute Gasteiger partial charge is 0.497 e. The number of amides is 4. The molecule has 2 aromatic heterocycles. The predicted molar refractivity (Wildman–Crippen MR) is 504 cm³/mol. The number of aromatic nitrogens is 4. The van der Waals surface area contributed by atoms with Crippen molar-refractivity contribution in [1.82, 2.24) is 39.2 Å². The molecule has 8 fully saturated rings. The molecule has 724 valence electrons. The first kappa shape index (κ1) is 99.4. The maximum Gasteiger partial charge on any atom is 0.417 e. The lowest BCUT2D eigenvalue weighted by molar-refractivity contribution is -0.191. The monoisotopic (exact) mass is 1870 g/mol. The number of ether oxygens (including phenoxy) is 10. The van der Waals surface area contributed by atoms with E-state index in [1.165, 1.54) is 48.4 Å². The molecule has 10 heterocycles. The first-order chi connectivity index (χ1) is 65.6. The lowest BCUT2D eigenvalue weighted by atomic mass is 9.80. The number of para-hydroxylation sites is 1. The topological polar surface area (TPSA) is 209 Å². The van der Waals surface area contributed by atoms with Crippen LogP contribution in [0, 0.1) is 6.92 Å². The van der Waals surface area contributed by atoms with Crippen molar-refractivity contribution < 1.29 is 92.9 Å². The van der Waals surface area contributed by atoms with Crippen molar-refractivity contribution in [3.63, 3.8) is 0 Å². The summed E-state index contributed by atoms with van der Waals surface area (Å²) >= 11 is 0. The van der Waals surface area contributed by atoms with E-state index >= 15 is 0 Å². The maximum atomic E-state index is 13.6. The molecule has 18 rings (SSSR count). The van der Waals surface area contributed by atoms with Crippen molar-refractivity contribution in [3.8, 4) is 28.4 Å². The molecule has 8 saturated heterocycles. The molecule has 0 aliphatic carbocycles. The highest BCUT2D eigenvalue weighted by Crippen LogP contribution is 2.50. The number of halogens is 6. The van der Waals surface area contributed by atoms with E-state index in [-0.39, 0.29) is 100 Å². The average Bonchev–Trinajstić information content (AvgIpc) is 1.60. The van der Waals surface area contributed by atoms with E-state index in [1.807, 2.05) is 170 Å². The number of methoxy groups -OCH3 is 2. The molecule has 0 radical (unpaired) electrons.